The van der Waals surface area contributed by atoms with Crippen LogP contribution in [-0.2, 0) is 11.3 Å². The summed E-state index contributed by atoms with van der Waals surface area (Å²) in [6.07, 6.45) is 1.06. The highest BCUT2D eigenvalue weighted by Gasteiger charge is 2.43. The van der Waals surface area contributed by atoms with E-state index in [2.05, 4.69) is 39.1 Å². The van der Waals surface area contributed by atoms with E-state index < -0.39 is 0 Å². The number of thioether (sulfide) groups is 1. The number of halogens is 1. The van der Waals surface area contributed by atoms with Gasteiger partial charge in [-0.15, -0.1) is 10.2 Å². The maximum atomic E-state index is 12.4. The summed E-state index contributed by atoms with van der Waals surface area (Å²) in [4.78, 5) is 12.4. The van der Waals surface area contributed by atoms with Gasteiger partial charge in [-0.05, 0) is 68.1 Å². The molecule has 3 aromatic rings. The van der Waals surface area contributed by atoms with Gasteiger partial charge in [-0.3, -0.25) is 4.79 Å². The molecule has 1 saturated carbocycles. The highest BCUT2D eigenvalue weighted by atomic mass is 35.5. The minimum Gasteiger partial charge on any atom is -0.494 e. The molecule has 2 unspecified atom stereocenters. The second-order valence-corrected chi connectivity index (χ2v) is 8.76. The quantitative estimate of drug-likeness (QED) is 0.439. The number of benzene rings is 2. The van der Waals surface area contributed by atoms with Crippen molar-refractivity contribution in [3.05, 3.63) is 64.9 Å². The fourth-order valence-electron chi connectivity index (χ4n) is 3.67. The van der Waals surface area contributed by atoms with Crippen LogP contribution in [0.1, 0.15) is 43.5 Å². The van der Waals surface area contributed by atoms with Crippen LogP contribution >= 0.6 is 23.4 Å². The topological polar surface area (TPSA) is 69.0 Å². The number of carbonyl (C=O) groups is 1. The van der Waals surface area contributed by atoms with Gasteiger partial charge in [-0.25, -0.2) is 0 Å². The van der Waals surface area contributed by atoms with E-state index >= 15 is 0 Å². The summed E-state index contributed by atoms with van der Waals surface area (Å²) in [5, 5.41) is 13.3. The molecule has 1 aromatic heterocycles. The summed E-state index contributed by atoms with van der Waals surface area (Å²) in [5.74, 6) is 2.80. The van der Waals surface area contributed by atoms with Gasteiger partial charge < -0.3 is 14.6 Å². The summed E-state index contributed by atoms with van der Waals surface area (Å²) in [6.45, 7) is 5.41. The number of anilines is 1. The number of ether oxygens (including phenoxy) is 1. The van der Waals surface area contributed by atoms with Crippen molar-refractivity contribution in [1.29, 1.82) is 0 Å². The van der Waals surface area contributed by atoms with Gasteiger partial charge in [-0.2, -0.15) is 0 Å². The molecular formula is C23H25ClN4O2S. The van der Waals surface area contributed by atoms with Gasteiger partial charge in [-0.1, -0.05) is 35.5 Å². The molecule has 0 spiro atoms. The molecule has 31 heavy (non-hydrogen) atoms. The molecule has 8 heteroatoms. The Morgan fingerprint density at radius 2 is 1.87 bits per heavy atom. The molecule has 2 aromatic carbocycles. The van der Waals surface area contributed by atoms with Crippen molar-refractivity contribution >= 4 is 35.0 Å². The van der Waals surface area contributed by atoms with Gasteiger partial charge in [0.05, 0.1) is 12.4 Å². The van der Waals surface area contributed by atoms with Gasteiger partial charge in [0.15, 0.2) is 5.16 Å². The number of carbonyl (C=O) groups excluding carboxylic acids is 1. The molecule has 6 nitrogen and oxygen atoms in total. The normalized spacial score (nSPS) is 17.4. The van der Waals surface area contributed by atoms with E-state index in [4.69, 9.17) is 16.3 Å². The second kappa shape index (κ2) is 9.75. The maximum absolute atomic E-state index is 12.4. The summed E-state index contributed by atoms with van der Waals surface area (Å²) in [5.41, 5.74) is 2.03. The standard InChI is InChI=1S/C23H25ClN4O2S/c1-3-28-22(20-13-19(20)15-5-7-16(24)8-6-15)26-27-23(28)31-14-21(29)25-17-9-11-18(12-10-17)30-4-2/h5-12,19-20H,3-4,13-14H2,1-2H3,(H,25,29). The van der Waals surface area contributed by atoms with Crippen molar-refractivity contribution in [3.63, 3.8) is 0 Å². The monoisotopic (exact) mass is 456 g/mol. The molecule has 4 rings (SSSR count). The van der Waals surface area contributed by atoms with E-state index in [9.17, 15) is 4.79 Å². The molecule has 162 valence electrons. The predicted octanol–water partition coefficient (Wildman–Crippen LogP) is 5.35. The molecule has 0 radical (unpaired) electrons. The van der Waals surface area contributed by atoms with Crippen molar-refractivity contribution in [3.8, 4) is 5.75 Å². The van der Waals surface area contributed by atoms with Crippen molar-refractivity contribution in [2.75, 3.05) is 17.7 Å². The molecule has 0 saturated heterocycles. The number of hydrogen-bond acceptors (Lipinski definition) is 5. The van der Waals surface area contributed by atoms with Crippen LogP contribution in [0, 0.1) is 0 Å². The molecule has 1 heterocycles. The summed E-state index contributed by atoms with van der Waals surface area (Å²) < 4.78 is 7.54. The number of nitrogens with zero attached hydrogens (tertiary/aromatic N) is 3. The third kappa shape index (κ3) is 5.22. The lowest BCUT2D eigenvalue weighted by Gasteiger charge is -2.08. The first-order valence-corrected chi connectivity index (χ1v) is 11.8. The molecule has 1 fully saturated rings. The average molecular weight is 457 g/mol. The van der Waals surface area contributed by atoms with E-state index in [1.807, 2.05) is 43.3 Å². The van der Waals surface area contributed by atoms with Crippen molar-refractivity contribution in [1.82, 2.24) is 14.8 Å². The largest absolute Gasteiger partial charge is 0.494 e. The lowest BCUT2D eigenvalue weighted by atomic mass is 10.1. The molecule has 2 atom stereocenters. The van der Waals surface area contributed by atoms with Crippen molar-refractivity contribution in [2.45, 2.75) is 43.8 Å². The van der Waals surface area contributed by atoms with Crippen LogP contribution in [-0.4, -0.2) is 33.0 Å². The minimum atomic E-state index is -0.0770. The van der Waals surface area contributed by atoms with Crippen LogP contribution in [0.3, 0.4) is 0 Å². The van der Waals surface area contributed by atoms with Crippen molar-refractivity contribution < 1.29 is 9.53 Å². The van der Waals surface area contributed by atoms with Crippen LogP contribution in [0.5, 0.6) is 5.75 Å². The highest BCUT2D eigenvalue weighted by Crippen LogP contribution is 2.54. The Hall–Kier alpha value is -2.51. The molecular weight excluding hydrogens is 432 g/mol. The molecule has 1 aliphatic carbocycles. The lowest BCUT2D eigenvalue weighted by molar-refractivity contribution is -0.113. The van der Waals surface area contributed by atoms with Crippen LogP contribution in [0.4, 0.5) is 5.69 Å². The number of rotatable bonds is 9. The minimum absolute atomic E-state index is 0.0770. The number of nitrogens with one attached hydrogen (secondary N) is 1. The van der Waals surface area contributed by atoms with Crippen LogP contribution in [0.2, 0.25) is 5.02 Å². The van der Waals surface area contributed by atoms with E-state index in [-0.39, 0.29) is 11.7 Å². The molecule has 1 aliphatic rings. The zero-order valence-electron chi connectivity index (χ0n) is 17.5. The summed E-state index contributed by atoms with van der Waals surface area (Å²) in [6, 6.07) is 15.4. The smallest absolute Gasteiger partial charge is 0.234 e. The van der Waals surface area contributed by atoms with Crippen LogP contribution in [0.25, 0.3) is 0 Å². The molecule has 0 aliphatic heterocycles. The zero-order chi connectivity index (χ0) is 21.8. The Labute approximate surface area is 191 Å². The second-order valence-electron chi connectivity index (χ2n) is 7.38. The van der Waals surface area contributed by atoms with E-state index in [1.165, 1.54) is 17.3 Å². The fraction of sp³-hybridized carbons (Fsp3) is 0.348. The fourth-order valence-corrected chi connectivity index (χ4v) is 4.60. The molecule has 1 N–H and O–H groups in total. The Bertz CT molecular complexity index is 1040. The zero-order valence-corrected chi connectivity index (χ0v) is 19.1. The number of aromatic nitrogens is 3. The Morgan fingerprint density at radius 1 is 1.13 bits per heavy atom. The lowest BCUT2D eigenvalue weighted by Crippen LogP contribution is -2.14. The van der Waals surface area contributed by atoms with Gasteiger partial charge in [0.2, 0.25) is 5.91 Å². The highest BCUT2D eigenvalue weighted by molar-refractivity contribution is 7.99. The van der Waals surface area contributed by atoms with Gasteiger partial charge in [0.25, 0.3) is 0 Å². The summed E-state index contributed by atoms with van der Waals surface area (Å²) >= 11 is 7.42. The van der Waals surface area contributed by atoms with Crippen LogP contribution < -0.4 is 10.1 Å². The Balaban J connectivity index is 1.35. The number of amides is 1. The van der Waals surface area contributed by atoms with Crippen LogP contribution in [0.15, 0.2) is 53.7 Å². The van der Waals surface area contributed by atoms with Gasteiger partial charge in [0.1, 0.15) is 11.6 Å². The van der Waals surface area contributed by atoms with Gasteiger partial charge >= 0.3 is 0 Å². The maximum Gasteiger partial charge on any atom is 0.234 e. The molecule has 1 amide bonds. The third-order valence-electron chi connectivity index (χ3n) is 5.26. The van der Waals surface area contributed by atoms with E-state index in [0.717, 1.165) is 40.4 Å². The van der Waals surface area contributed by atoms with Gasteiger partial charge in [0, 0.05) is 23.2 Å². The Kier molecular flexibility index (Phi) is 6.83. The van der Waals surface area contributed by atoms with Crippen molar-refractivity contribution in [2.24, 2.45) is 0 Å². The summed E-state index contributed by atoms with van der Waals surface area (Å²) in [7, 11) is 0. The molecule has 0 bridgehead atoms. The van der Waals surface area contributed by atoms with E-state index in [0.29, 0.717) is 18.4 Å². The first kappa shape index (κ1) is 21.7. The van der Waals surface area contributed by atoms with E-state index in [1.54, 1.807) is 0 Å². The predicted molar refractivity (Wildman–Crippen MR) is 124 cm³/mol. The Morgan fingerprint density at radius 3 is 2.55 bits per heavy atom. The first-order chi connectivity index (χ1) is 15.1. The average Bonchev–Trinajstić information content (AvgIpc) is 3.46. The third-order valence-corrected chi connectivity index (χ3v) is 6.48. The first-order valence-electron chi connectivity index (χ1n) is 10.4. The SMILES string of the molecule is CCOc1ccc(NC(=O)CSc2nnc(C3CC3c3ccc(Cl)cc3)n2CC)cc1. The number of hydrogen-bond donors (Lipinski definition) is 1.